The van der Waals surface area contributed by atoms with Crippen LogP contribution >= 0.6 is 15.9 Å². The molecule has 0 aliphatic rings. The Morgan fingerprint density at radius 1 is 1.50 bits per heavy atom. The predicted octanol–water partition coefficient (Wildman–Crippen LogP) is 2.87. The van der Waals surface area contributed by atoms with Crippen LogP contribution < -0.4 is 11.1 Å². The highest BCUT2D eigenvalue weighted by Crippen LogP contribution is 2.24. The van der Waals surface area contributed by atoms with Gasteiger partial charge in [0.2, 0.25) is 0 Å². The van der Waals surface area contributed by atoms with Gasteiger partial charge in [-0.25, -0.2) is 8.78 Å². The Kier molecular flexibility index (Phi) is 3.46. The van der Waals surface area contributed by atoms with Gasteiger partial charge in [-0.3, -0.25) is 0 Å². The van der Waals surface area contributed by atoms with Crippen molar-refractivity contribution in [3.8, 4) is 0 Å². The molecule has 2 nitrogen and oxygen atoms in total. The van der Waals surface area contributed by atoms with E-state index in [1.807, 2.05) is 0 Å². The highest BCUT2D eigenvalue weighted by atomic mass is 79.9. The Bertz CT molecular complexity index is 366. The zero-order valence-corrected chi connectivity index (χ0v) is 8.87. The van der Waals surface area contributed by atoms with E-state index in [1.54, 1.807) is 0 Å². The van der Waals surface area contributed by atoms with Gasteiger partial charge >= 0.3 is 0 Å². The Balaban J connectivity index is 2.95. The van der Waals surface area contributed by atoms with Gasteiger partial charge < -0.3 is 11.1 Å². The SMILES string of the molecule is C=C(Br)CNc1c(N)ccc(F)c1F. The minimum absolute atomic E-state index is 0.0365. The van der Waals surface area contributed by atoms with Crippen molar-refractivity contribution < 1.29 is 8.78 Å². The van der Waals surface area contributed by atoms with Crippen LogP contribution in [0.25, 0.3) is 0 Å². The van der Waals surface area contributed by atoms with E-state index in [2.05, 4.69) is 27.8 Å². The Morgan fingerprint density at radius 3 is 2.71 bits per heavy atom. The van der Waals surface area contributed by atoms with Crippen molar-refractivity contribution in [2.75, 3.05) is 17.6 Å². The lowest BCUT2D eigenvalue weighted by Gasteiger charge is -2.09. The van der Waals surface area contributed by atoms with Crippen LogP contribution in [0.5, 0.6) is 0 Å². The van der Waals surface area contributed by atoms with Crippen molar-refractivity contribution in [2.45, 2.75) is 0 Å². The van der Waals surface area contributed by atoms with Crippen LogP contribution in [0.3, 0.4) is 0 Å². The van der Waals surface area contributed by atoms with Crippen molar-refractivity contribution in [2.24, 2.45) is 0 Å². The average Bonchev–Trinajstić information content (AvgIpc) is 2.11. The molecule has 5 heteroatoms. The summed E-state index contributed by atoms with van der Waals surface area (Å²) in [5, 5.41) is 2.64. The van der Waals surface area contributed by atoms with E-state index in [-0.39, 0.29) is 17.9 Å². The van der Waals surface area contributed by atoms with Crippen LogP contribution in [0.1, 0.15) is 0 Å². The first-order chi connectivity index (χ1) is 6.52. The zero-order chi connectivity index (χ0) is 10.7. The number of halogens is 3. The van der Waals surface area contributed by atoms with Crippen molar-refractivity contribution in [1.29, 1.82) is 0 Å². The minimum Gasteiger partial charge on any atom is -0.397 e. The fraction of sp³-hybridized carbons (Fsp3) is 0.111. The molecule has 0 aromatic heterocycles. The van der Waals surface area contributed by atoms with Crippen LogP contribution in [0.4, 0.5) is 20.2 Å². The van der Waals surface area contributed by atoms with Crippen molar-refractivity contribution in [1.82, 2.24) is 0 Å². The normalized spacial score (nSPS) is 9.93. The maximum Gasteiger partial charge on any atom is 0.183 e. The molecule has 1 rings (SSSR count). The number of nitrogen functional groups attached to an aromatic ring is 1. The van der Waals surface area contributed by atoms with E-state index in [0.29, 0.717) is 4.48 Å². The van der Waals surface area contributed by atoms with Gasteiger partial charge in [0.1, 0.15) is 0 Å². The first-order valence-electron chi connectivity index (χ1n) is 3.83. The maximum absolute atomic E-state index is 13.2. The highest BCUT2D eigenvalue weighted by molar-refractivity contribution is 9.11. The van der Waals surface area contributed by atoms with Gasteiger partial charge in [-0.1, -0.05) is 22.5 Å². The molecule has 0 spiro atoms. The summed E-state index contributed by atoms with van der Waals surface area (Å²) in [6.07, 6.45) is 0. The summed E-state index contributed by atoms with van der Waals surface area (Å²) in [7, 11) is 0. The fourth-order valence-corrected chi connectivity index (χ4v) is 1.07. The van der Waals surface area contributed by atoms with E-state index in [0.717, 1.165) is 6.07 Å². The molecule has 0 amide bonds. The number of rotatable bonds is 3. The molecule has 0 atom stereocenters. The molecular formula is C9H9BrF2N2. The van der Waals surface area contributed by atoms with Crippen molar-refractivity contribution in [3.05, 3.63) is 34.8 Å². The number of nitrogens with one attached hydrogen (secondary N) is 1. The van der Waals surface area contributed by atoms with Gasteiger partial charge in [0.05, 0.1) is 11.4 Å². The van der Waals surface area contributed by atoms with Crippen LogP contribution in [0.15, 0.2) is 23.2 Å². The lowest BCUT2D eigenvalue weighted by Crippen LogP contribution is -2.07. The summed E-state index contributed by atoms with van der Waals surface area (Å²) in [4.78, 5) is 0. The quantitative estimate of drug-likeness (QED) is 0.823. The van der Waals surface area contributed by atoms with Gasteiger partial charge in [-0.05, 0) is 12.1 Å². The molecule has 0 aliphatic heterocycles. The molecular weight excluding hydrogens is 254 g/mol. The Labute approximate surface area is 88.9 Å². The van der Waals surface area contributed by atoms with E-state index in [9.17, 15) is 8.78 Å². The first kappa shape index (κ1) is 11.0. The van der Waals surface area contributed by atoms with Crippen LogP contribution in [0, 0.1) is 11.6 Å². The second kappa shape index (κ2) is 4.41. The standard InChI is InChI=1S/C9H9BrF2N2/c1-5(10)4-14-9-7(13)3-2-6(11)8(9)12/h2-3,14H,1,4,13H2. The second-order valence-electron chi connectivity index (χ2n) is 2.70. The number of hydrogen-bond donors (Lipinski definition) is 2. The fourth-order valence-electron chi connectivity index (χ4n) is 0.930. The number of hydrogen-bond acceptors (Lipinski definition) is 2. The summed E-state index contributed by atoms with van der Waals surface area (Å²) < 4.78 is 26.6. The molecule has 0 heterocycles. The lowest BCUT2D eigenvalue weighted by molar-refractivity contribution is 0.511. The second-order valence-corrected chi connectivity index (χ2v) is 3.82. The van der Waals surface area contributed by atoms with E-state index < -0.39 is 11.6 Å². The highest BCUT2D eigenvalue weighted by Gasteiger charge is 2.10. The molecule has 1 aromatic carbocycles. The van der Waals surface area contributed by atoms with E-state index >= 15 is 0 Å². The summed E-state index contributed by atoms with van der Waals surface area (Å²) in [6.45, 7) is 3.83. The maximum atomic E-state index is 13.2. The predicted molar refractivity (Wildman–Crippen MR) is 57.3 cm³/mol. The van der Waals surface area contributed by atoms with Crippen LogP contribution in [0.2, 0.25) is 0 Å². The van der Waals surface area contributed by atoms with E-state index in [1.165, 1.54) is 6.07 Å². The monoisotopic (exact) mass is 262 g/mol. The van der Waals surface area contributed by atoms with Gasteiger partial charge in [0, 0.05) is 11.0 Å². The smallest absolute Gasteiger partial charge is 0.183 e. The number of benzene rings is 1. The summed E-state index contributed by atoms with van der Waals surface area (Å²) >= 11 is 3.09. The molecule has 0 fully saturated rings. The van der Waals surface area contributed by atoms with Gasteiger partial charge in [0.25, 0.3) is 0 Å². The molecule has 0 saturated heterocycles. The molecule has 0 aliphatic carbocycles. The molecule has 76 valence electrons. The summed E-state index contributed by atoms with van der Waals surface area (Å²) in [5.41, 5.74) is 5.59. The van der Waals surface area contributed by atoms with Crippen molar-refractivity contribution in [3.63, 3.8) is 0 Å². The zero-order valence-electron chi connectivity index (χ0n) is 7.28. The van der Waals surface area contributed by atoms with Gasteiger partial charge in [-0.15, -0.1) is 0 Å². The summed E-state index contributed by atoms with van der Waals surface area (Å²) in [6, 6.07) is 2.29. The lowest BCUT2D eigenvalue weighted by atomic mass is 10.2. The molecule has 1 aromatic rings. The van der Waals surface area contributed by atoms with Crippen LogP contribution in [-0.4, -0.2) is 6.54 Å². The first-order valence-corrected chi connectivity index (χ1v) is 4.62. The third kappa shape index (κ3) is 2.45. The Hall–Kier alpha value is -1.10. The third-order valence-corrected chi connectivity index (χ3v) is 1.86. The number of nitrogens with two attached hydrogens (primary N) is 1. The van der Waals surface area contributed by atoms with E-state index in [4.69, 9.17) is 5.73 Å². The minimum atomic E-state index is -0.973. The third-order valence-electron chi connectivity index (χ3n) is 1.58. The molecule has 0 saturated carbocycles. The molecule has 0 bridgehead atoms. The Morgan fingerprint density at radius 2 is 2.14 bits per heavy atom. The number of anilines is 2. The topological polar surface area (TPSA) is 38.0 Å². The average molecular weight is 263 g/mol. The van der Waals surface area contributed by atoms with Gasteiger partial charge in [0.15, 0.2) is 11.6 Å². The molecule has 3 N–H and O–H groups in total. The molecule has 14 heavy (non-hydrogen) atoms. The largest absolute Gasteiger partial charge is 0.397 e. The summed E-state index contributed by atoms with van der Waals surface area (Å²) in [5.74, 6) is -1.90. The van der Waals surface area contributed by atoms with Gasteiger partial charge in [-0.2, -0.15) is 0 Å². The molecule has 0 radical (unpaired) electrons. The molecule has 0 unspecified atom stereocenters. The van der Waals surface area contributed by atoms with Crippen molar-refractivity contribution >= 4 is 27.3 Å². The van der Waals surface area contributed by atoms with Crippen LogP contribution in [-0.2, 0) is 0 Å².